The number of hydrogen-bond acceptors (Lipinski definition) is 2. The lowest BCUT2D eigenvalue weighted by atomic mass is 10.2. The van der Waals surface area contributed by atoms with Crippen LogP contribution in [-0.2, 0) is 4.79 Å². The van der Waals surface area contributed by atoms with Crippen molar-refractivity contribution in [2.75, 3.05) is 0 Å². The van der Waals surface area contributed by atoms with E-state index in [1.165, 1.54) is 0 Å². The van der Waals surface area contributed by atoms with Crippen LogP contribution in [0.1, 0.15) is 19.4 Å². The van der Waals surface area contributed by atoms with Crippen molar-refractivity contribution in [1.82, 2.24) is 5.32 Å². The average molecular weight is 293 g/mol. The Kier molecular flexibility index (Phi) is 3.43. The molecule has 1 heterocycles. The minimum absolute atomic E-state index is 0.135. The number of nitrogens with zero attached hydrogens (tertiary/aromatic N) is 1. The van der Waals surface area contributed by atoms with Crippen LogP contribution in [0.3, 0.4) is 0 Å². The molecule has 0 saturated carbocycles. The first-order valence-electron chi connectivity index (χ1n) is 5.44. The molecule has 0 spiro atoms. The molecule has 0 aliphatic carbocycles. The first-order chi connectivity index (χ1) is 8.08. The van der Waals surface area contributed by atoms with Crippen LogP contribution in [0, 0.1) is 5.92 Å². The van der Waals surface area contributed by atoms with Gasteiger partial charge in [-0.15, -0.1) is 0 Å². The van der Waals surface area contributed by atoms with E-state index in [1.54, 1.807) is 6.08 Å². The second kappa shape index (κ2) is 4.84. The van der Waals surface area contributed by atoms with Gasteiger partial charge in [0.05, 0.1) is 0 Å². The Labute approximate surface area is 109 Å². The number of halogens is 1. The molecule has 0 aromatic heterocycles. The van der Waals surface area contributed by atoms with Gasteiger partial charge in [-0.25, -0.2) is 4.99 Å². The van der Waals surface area contributed by atoms with Crippen LogP contribution in [0.5, 0.6) is 0 Å². The molecule has 1 aliphatic rings. The summed E-state index contributed by atoms with van der Waals surface area (Å²) in [4.78, 5) is 16.0. The highest BCUT2D eigenvalue weighted by Gasteiger charge is 2.21. The molecule has 1 aromatic rings. The number of carbonyl (C=O) groups excluding carboxylic acids is 1. The van der Waals surface area contributed by atoms with Crippen molar-refractivity contribution in [3.8, 4) is 0 Å². The van der Waals surface area contributed by atoms with E-state index >= 15 is 0 Å². The van der Waals surface area contributed by atoms with Crippen molar-refractivity contribution < 1.29 is 4.79 Å². The molecule has 0 unspecified atom stereocenters. The Balaban J connectivity index is 2.35. The standard InChI is InChI=1S/C13H13BrN2O/c1-8(2)12-15-11(13(17)16-12)7-9-5-3-4-6-10(9)14/h3-8H,1-2H3,(H,15,16,17)/b11-7-. The predicted octanol–water partition coefficient (Wildman–Crippen LogP) is 2.97. The molecule has 17 heavy (non-hydrogen) atoms. The van der Waals surface area contributed by atoms with E-state index in [0.717, 1.165) is 15.9 Å². The minimum atomic E-state index is -0.135. The summed E-state index contributed by atoms with van der Waals surface area (Å²) in [5.41, 5.74) is 1.41. The Hall–Kier alpha value is -1.42. The van der Waals surface area contributed by atoms with Crippen LogP contribution < -0.4 is 5.32 Å². The Morgan fingerprint density at radius 1 is 1.35 bits per heavy atom. The largest absolute Gasteiger partial charge is 0.308 e. The number of rotatable bonds is 2. The molecule has 1 amide bonds. The predicted molar refractivity (Wildman–Crippen MR) is 72.5 cm³/mol. The number of hydrogen-bond donors (Lipinski definition) is 1. The fourth-order valence-electron chi connectivity index (χ4n) is 1.50. The maximum Gasteiger partial charge on any atom is 0.275 e. The lowest BCUT2D eigenvalue weighted by molar-refractivity contribution is -0.115. The van der Waals surface area contributed by atoms with Crippen LogP contribution in [0.2, 0.25) is 0 Å². The van der Waals surface area contributed by atoms with E-state index in [-0.39, 0.29) is 11.8 Å². The first kappa shape index (κ1) is 12.0. The molecule has 0 atom stereocenters. The van der Waals surface area contributed by atoms with Gasteiger partial charge < -0.3 is 5.32 Å². The fourth-order valence-corrected chi connectivity index (χ4v) is 1.90. The van der Waals surface area contributed by atoms with Crippen LogP contribution in [-0.4, -0.2) is 11.7 Å². The molecule has 0 fully saturated rings. The highest BCUT2D eigenvalue weighted by Crippen LogP contribution is 2.21. The van der Waals surface area contributed by atoms with Gasteiger partial charge in [0.25, 0.3) is 5.91 Å². The second-order valence-electron chi connectivity index (χ2n) is 4.16. The van der Waals surface area contributed by atoms with E-state index in [4.69, 9.17) is 0 Å². The zero-order chi connectivity index (χ0) is 12.4. The van der Waals surface area contributed by atoms with Gasteiger partial charge in [-0.2, -0.15) is 0 Å². The topological polar surface area (TPSA) is 41.5 Å². The Bertz CT molecular complexity index is 518. The monoisotopic (exact) mass is 292 g/mol. The van der Waals surface area contributed by atoms with Gasteiger partial charge in [-0.3, -0.25) is 4.79 Å². The van der Waals surface area contributed by atoms with Gasteiger partial charge in [0, 0.05) is 10.4 Å². The zero-order valence-corrected chi connectivity index (χ0v) is 11.3. The number of carbonyl (C=O) groups is 1. The zero-order valence-electron chi connectivity index (χ0n) is 9.70. The summed E-state index contributed by atoms with van der Waals surface area (Å²) in [5, 5.41) is 2.77. The van der Waals surface area contributed by atoms with Gasteiger partial charge in [-0.05, 0) is 17.7 Å². The molecular formula is C13H13BrN2O. The average Bonchev–Trinajstić information content (AvgIpc) is 2.64. The van der Waals surface area contributed by atoms with E-state index in [2.05, 4.69) is 26.2 Å². The molecular weight excluding hydrogens is 280 g/mol. The Morgan fingerprint density at radius 2 is 2.06 bits per heavy atom. The van der Waals surface area contributed by atoms with Crippen LogP contribution in [0.15, 0.2) is 39.4 Å². The highest BCUT2D eigenvalue weighted by molar-refractivity contribution is 9.10. The third-order valence-electron chi connectivity index (χ3n) is 2.46. The lowest BCUT2D eigenvalue weighted by Crippen LogP contribution is -2.27. The molecule has 3 nitrogen and oxygen atoms in total. The Morgan fingerprint density at radius 3 is 2.65 bits per heavy atom. The summed E-state index contributed by atoms with van der Waals surface area (Å²) in [6.45, 7) is 4.00. The smallest absolute Gasteiger partial charge is 0.275 e. The molecule has 0 radical (unpaired) electrons. The molecule has 0 saturated heterocycles. The fraction of sp³-hybridized carbons (Fsp3) is 0.231. The first-order valence-corrected chi connectivity index (χ1v) is 6.23. The van der Waals surface area contributed by atoms with Crippen molar-refractivity contribution in [2.45, 2.75) is 13.8 Å². The number of benzene rings is 1. The summed E-state index contributed by atoms with van der Waals surface area (Å²) < 4.78 is 0.952. The van der Waals surface area contributed by atoms with Gasteiger partial charge >= 0.3 is 0 Å². The van der Waals surface area contributed by atoms with E-state index in [1.807, 2.05) is 38.1 Å². The summed E-state index contributed by atoms with van der Waals surface area (Å²) in [6.07, 6.45) is 1.79. The third kappa shape index (κ3) is 2.64. The van der Waals surface area contributed by atoms with Crippen molar-refractivity contribution in [3.05, 3.63) is 40.0 Å². The SMILES string of the molecule is CC(C)C1=N/C(=C\c2ccccc2Br)C(=O)N1. The maximum atomic E-state index is 11.7. The van der Waals surface area contributed by atoms with Gasteiger partial charge in [0.2, 0.25) is 0 Å². The summed E-state index contributed by atoms with van der Waals surface area (Å²) in [6, 6.07) is 7.74. The van der Waals surface area contributed by atoms with Crippen LogP contribution in [0.4, 0.5) is 0 Å². The number of aliphatic imine (C=N–C) groups is 1. The minimum Gasteiger partial charge on any atom is -0.308 e. The van der Waals surface area contributed by atoms with Crippen molar-refractivity contribution in [3.63, 3.8) is 0 Å². The molecule has 4 heteroatoms. The number of amidine groups is 1. The van der Waals surface area contributed by atoms with Crippen molar-refractivity contribution >= 4 is 33.7 Å². The second-order valence-corrected chi connectivity index (χ2v) is 5.01. The normalized spacial score (nSPS) is 17.5. The summed E-state index contributed by atoms with van der Waals surface area (Å²) in [7, 11) is 0. The number of nitrogens with one attached hydrogen (secondary N) is 1. The van der Waals surface area contributed by atoms with Crippen molar-refractivity contribution in [2.24, 2.45) is 10.9 Å². The summed E-state index contributed by atoms with van der Waals surface area (Å²) in [5.74, 6) is 0.821. The summed E-state index contributed by atoms with van der Waals surface area (Å²) >= 11 is 3.44. The maximum absolute atomic E-state index is 11.7. The third-order valence-corrected chi connectivity index (χ3v) is 3.18. The highest BCUT2D eigenvalue weighted by atomic mass is 79.9. The van der Waals surface area contributed by atoms with Gasteiger partial charge in [0.1, 0.15) is 11.5 Å². The molecule has 1 aliphatic heterocycles. The molecule has 1 N–H and O–H groups in total. The van der Waals surface area contributed by atoms with E-state index < -0.39 is 0 Å². The van der Waals surface area contributed by atoms with Crippen molar-refractivity contribution in [1.29, 1.82) is 0 Å². The van der Waals surface area contributed by atoms with Crippen LogP contribution >= 0.6 is 15.9 Å². The number of amides is 1. The van der Waals surface area contributed by atoms with E-state index in [0.29, 0.717) is 5.70 Å². The molecule has 2 rings (SSSR count). The molecule has 1 aromatic carbocycles. The molecule has 88 valence electrons. The van der Waals surface area contributed by atoms with Crippen LogP contribution in [0.25, 0.3) is 6.08 Å². The lowest BCUT2D eigenvalue weighted by Gasteiger charge is -2.01. The molecule has 0 bridgehead atoms. The van der Waals surface area contributed by atoms with Gasteiger partial charge in [-0.1, -0.05) is 48.0 Å². The van der Waals surface area contributed by atoms with E-state index in [9.17, 15) is 4.79 Å². The quantitative estimate of drug-likeness (QED) is 0.837. The van der Waals surface area contributed by atoms with Gasteiger partial charge in [0.15, 0.2) is 0 Å².